The van der Waals surface area contributed by atoms with E-state index in [4.69, 9.17) is 15.0 Å². The minimum atomic E-state index is -0.544. The summed E-state index contributed by atoms with van der Waals surface area (Å²) in [5.41, 5.74) is 6.25. The number of esters is 1. The molecule has 0 aliphatic carbocycles. The van der Waals surface area contributed by atoms with Crippen LogP contribution in [0.5, 0.6) is 0 Å². The Morgan fingerprint density at radius 3 is 2.81 bits per heavy atom. The lowest BCUT2D eigenvalue weighted by molar-refractivity contribution is 0.0518. The number of carbonyl (C=O) groups excluding carboxylic acids is 1. The first-order valence-electron chi connectivity index (χ1n) is 6.68. The summed E-state index contributed by atoms with van der Waals surface area (Å²) >= 11 is 0. The summed E-state index contributed by atoms with van der Waals surface area (Å²) in [6.07, 6.45) is 0. The number of aromatic nitrogens is 5. The lowest BCUT2D eigenvalue weighted by atomic mass is 10.2. The molecule has 114 valence electrons. The third-order valence-corrected chi connectivity index (χ3v) is 2.78. The van der Waals surface area contributed by atoms with Crippen LogP contribution in [-0.2, 0) is 17.8 Å². The molecule has 2 N–H and O–H groups in total. The van der Waals surface area contributed by atoms with Crippen LogP contribution in [0, 0.1) is 0 Å². The fourth-order valence-corrected chi connectivity index (χ4v) is 1.71. The van der Waals surface area contributed by atoms with Crippen LogP contribution in [0.15, 0.2) is 4.52 Å². The lowest BCUT2D eigenvalue weighted by Crippen LogP contribution is -2.15. The highest BCUT2D eigenvalue weighted by Crippen LogP contribution is 2.12. The van der Waals surface area contributed by atoms with Gasteiger partial charge in [-0.1, -0.05) is 24.2 Å². The van der Waals surface area contributed by atoms with Gasteiger partial charge in [-0.3, -0.25) is 0 Å². The predicted octanol–water partition coefficient (Wildman–Crippen LogP) is 0.468. The standard InChI is InChI=1S/C12H18N6O3/c1-4-20-12(19)10-8(5-13)18(17-15-10)6-9-14-11(7(2)3)16-21-9/h7H,4-6,13H2,1-3H3. The lowest BCUT2D eigenvalue weighted by Gasteiger charge is -2.03. The Morgan fingerprint density at radius 1 is 1.48 bits per heavy atom. The Labute approximate surface area is 121 Å². The first-order valence-corrected chi connectivity index (χ1v) is 6.68. The van der Waals surface area contributed by atoms with E-state index in [-0.39, 0.29) is 31.3 Å². The highest BCUT2D eigenvalue weighted by Gasteiger charge is 2.21. The molecule has 0 bridgehead atoms. The highest BCUT2D eigenvalue weighted by atomic mass is 16.5. The molecule has 9 heteroatoms. The van der Waals surface area contributed by atoms with Crippen LogP contribution in [0.3, 0.4) is 0 Å². The number of nitrogens with zero attached hydrogens (tertiary/aromatic N) is 5. The maximum absolute atomic E-state index is 11.7. The van der Waals surface area contributed by atoms with Gasteiger partial charge >= 0.3 is 5.97 Å². The minimum Gasteiger partial charge on any atom is -0.461 e. The average molecular weight is 294 g/mol. The van der Waals surface area contributed by atoms with E-state index in [9.17, 15) is 4.79 Å². The molecule has 0 saturated heterocycles. The summed E-state index contributed by atoms with van der Waals surface area (Å²) < 4.78 is 11.5. The van der Waals surface area contributed by atoms with Gasteiger partial charge in [-0.05, 0) is 6.92 Å². The van der Waals surface area contributed by atoms with Crippen molar-refractivity contribution in [3.63, 3.8) is 0 Å². The molecule has 9 nitrogen and oxygen atoms in total. The van der Waals surface area contributed by atoms with Crippen molar-refractivity contribution in [2.24, 2.45) is 5.73 Å². The fourth-order valence-electron chi connectivity index (χ4n) is 1.71. The third-order valence-electron chi connectivity index (χ3n) is 2.78. The molecule has 0 atom stereocenters. The Kier molecular flexibility index (Phi) is 4.63. The monoisotopic (exact) mass is 294 g/mol. The molecular weight excluding hydrogens is 276 g/mol. The molecule has 2 rings (SSSR count). The molecular formula is C12H18N6O3. The van der Waals surface area contributed by atoms with E-state index in [0.717, 1.165) is 0 Å². The van der Waals surface area contributed by atoms with Crippen LogP contribution in [-0.4, -0.2) is 37.7 Å². The van der Waals surface area contributed by atoms with Gasteiger partial charge in [0.15, 0.2) is 11.5 Å². The SMILES string of the molecule is CCOC(=O)c1nnn(Cc2nc(C(C)C)no2)c1CN. The number of hydrogen-bond acceptors (Lipinski definition) is 8. The van der Waals surface area contributed by atoms with Gasteiger partial charge in [-0.2, -0.15) is 4.98 Å². The average Bonchev–Trinajstić information content (AvgIpc) is 3.06. The smallest absolute Gasteiger partial charge is 0.360 e. The summed E-state index contributed by atoms with van der Waals surface area (Å²) in [4.78, 5) is 16.0. The van der Waals surface area contributed by atoms with E-state index >= 15 is 0 Å². The van der Waals surface area contributed by atoms with Crippen molar-refractivity contribution in [3.8, 4) is 0 Å². The molecule has 0 spiro atoms. The second kappa shape index (κ2) is 6.44. The van der Waals surface area contributed by atoms with Crippen LogP contribution in [0.2, 0.25) is 0 Å². The number of carbonyl (C=O) groups is 1. The second-order valence-electron chi connectivity index (χ2n) is 4.67. The highest BCUT2D eigenvalue weighted by molar-refractivity contribution is 5.88. The maximum Gasteiger partial charge on any atom is 0.360 e. The Bertz CT molecular complexity index is 618. The van der Waals surface area contributed by atoms with Crippen molar-refractivity contribution in [1.29, 1.82) is 0 Å². The third kappa shape index (κ3) is 3.24. The van der Waals surface area contributed by atoms with Gasteiger partial charge in [0.2, 0.25) is 5.89 Å². The molecule has 2 aromatic heterocycles. The molecule has 0 unspecified atom stereocenters. The topological polar surface area (TPSA) is 122 Å². The quantitative estimate of drug-likeness (QED) is 0.763. The van der Waals surface area contributed by atoms with Crippen molar-refractivity contribution < 1.29 is 14.1 Å². The van der Waals surface area contributed by atoms with Gasteiger partial charge < -0.3 is 15.0 Å². The van der Waals surface area contributed by atoms with E-state index in [2.05, 4.69) is 20.5 Å². The van der Waals surface area contributed by atoms with Gasteiger partial charge in [-0.25, -0.2) is 9.48 Å². The molecule has 0 aromatic carbocycles. The summed E-state index contributed by atoms with van der Waals surface area (Å²) in [5.74, 6) is 0.624. The van der Waals surface area contributed by atoms with Gasteiger partial charge in [0.25, 0.3) is 0 Å². The minimum absolute atomic E-state index is 0.103. The number of ether oxygens (including phenoxy) is 1. The van der Waals surface area contributed by atoms with Crippen molar-refractivity contribution in [2.45, 2.75) is 39.8 Å². The van der Waals surface area contributed by atoms with Crippen LogP contribution >= 0.6 is 0 Å². The molecule has 21 heavy (non-hydrogen) atoms. The maximum atomic E-state index is 11.7. The molecule has 2 aromatic rings. The van der Waals surface area contributed by atoms with E-state index in [1.54, 1.807) is 6.92 Å². The number of hydrogen-bond donors (Lipinski definition) is 1. The Hall–Kier alpha value is -2.29. The summed E-state index contributed by atoms with van der Waals surface area (Å²) in [5, 5.41) is 11.6. The first kappa shape index (κ1) is 15.1. The normalized spacial score (nSPS) is 11.1. The molecule has 0 amide bonds. The Morgan fingerprint density at radius 2 is 2.24 bits per heavy atom. The summed E-state index contributed by atoms with van der Waals surface area (Å²) in [6.45, 7) is 6.22. The summed E-state index contributed by atoms with van der Waals surface area (Å²) in [7, 11) is 0. The molecule has 0 saturated carbocycles. The van der Waals surface area contributed by atoms with Crippen LogP contribution in [0.1, 0.15) is 54.6 Å². The fraction of sp³-hybridized carbons (Fsp3) is 0.583. The van der Waals surface area contributed by atoms with Crippen molar-refractivity contribution in [2.75, 3.05) is 6.61 Å². The molecule has 0 radical (unpaired) electrons. The van der Waals surface area contributed by atoms with Crippen molar-refractivity contribution in [3.05, 3.63) is 23.1 Å². The molecule has 0 aliphatic rings. The molecule has 2 heterocycles. The van der Waals surface area contributed by atoms with E-state index < -0.39 is 5.97 Å². The van der Waals surface area contributed by atoms with Gasteiger partial charge in [0.05, 0.1) is 12.3 Å². The zero-order valence-electron chi connectivity index (χ0n) is 12.2. The largest absolute Gasteiger partial charge is 0.461 e. The van der Waals surface area contributed by atoms with Gasteiger partial charge in [0, 0.05) is 12.5 Å². The van der Waals surface area contributed by atoms with Crippen LogP contribution < -0.4 is 5.73 Å². The van der Waals surface area contributed by atoms with Gasteiger partial charge in [0.1, 0.15) is 6.54 Å². The van der Waals surface area contributed by atoms with Crippen LogP contribution in [0.4, 0.5) is 0 Å². The van der Waals surface area contributed by atoms with E-state index in [1.165, 1.54) is 4.68 Å². The number of nitrogens with two attached hydrogens (primary N) is 1. The second-order valence-corrected chi connectivity index (χ2v) is 4.67. The van der Waals surface area contributed by atoms with E-state index in [1.807, 2.05) is 13.8 Å². The van der Waals surface area contributed by atoms with Crippen molar-refractivity contribution in [1.82, 2.24) is 25.1 Å². The van der Waals surface area contributed by atoms with Crippen LogP contribution in [0.25, 0.3) is 0 Å². The Balaban J connectivity index is 2.21. The van der Waals surface area contributed by atoms with Crippen molar-refractivity contribution >= 4 is 5.97 Å². The predicted molar refractivity (Wildman–Crippen MR) is 71.4 cm³/mol. The zero-order chi connectivity index (χ0) is 15.4. The van der Waals surface area contributed by atoms with E-state index in [0.29, 0.717) is 17.4 Å². The zero-order valence-corrected chi connectivity index (χ0v) is 12.2. The number of rotatable bonds is 6. The van der Waals surface area contributed by atoms with Gasteiger partial charge in [-0.15, -0.1) is 5.10 Å². The first-order chi connectivity index (χ1) is 10.1. The molecule has 0 aliphatic heterocycles. The molecule has 0 fully saturated rings. The summed E-state index contributed by atoms with van der Waals surface area (Å²) in [6, 6.07) is 0.